The van der Waals surface area contributed by atoms with Crippen molar-refractivity contribution in [1.29, 1.82) is 0 Å². The van der Waals surface area contributed by atoms with Gasteiger partial charge in [-0.15, -0.1) is 0 Å². The molecule has 0 bridgehead atoms. The van der Waals surface area contributed by atoms with Crippen molar-refractivity contribution in [2.45, 2.75) is 25.7 Å². The molecule has 1 saturated carbocycles. The Bertz CT molecular complexity index is 292. The van der Waals surface area contributed by atoms with Crippen molar-refractivity contribution in [1.82, 2.24) is 20.7 Å². The number of nitrogens with zero attached hydrogens (tertiary/aromatic N) is 2. The summed E-state index contributed by atoms with van der Waals surface area (Å²) in [5.41, 5.74) is 0.358. The summed E-state index contributed by atoms with van der Waals surface area (Å²) < 4.78 is 0. The highest BCUT2D eigenvalue weighted by Crippen LogP contribution is 2.33. The normalized spacial score (nSPS) is 15.4. The Hall–Kier alpha value is -1.39. The van der Waals surface area contributed by atoms with Gasteiger partial charge in [-0.05, 0) is 18.8 Å². The first kappa shape index (κ1) is 9.18. The minimum absolute atomic E-state index is 0.144. The highest BCUT2D eigenvalue weighted by Gasteiger charge is 2.20. The first-order chi connectivity index (χ1) is 6.86. The van der Waals surface area contributed by atoms with Crippen molar-refractivity contribution >= 4 is 5.91 Å². The molecule has 1 aromatic heterocycles. The molecule has 0 saturated heterocycles. The van der Waals surface area contributed by atoms with E-state index in [1.165, 1.54) is 25.5 Å². The number of H-pyrrole nitrogens is 1. The maximum atomic E-state index is 11.3. The van der Waals surface area contributed by atoms with E-state index in [1.54, 1.807) is 0 Å². The molecule has 1 amide bonds. The number of hydrogen-bond acceptors (Lipinski definition) is 3. The van der Waals surface area contributed by atoms with E-state index in [2.05, 4.69) is 20.7 Å². The Morgan fingerprint density at radius 1 is 1.64 bits per heavy atom. The zero-order valence-corrected chi connectivity index (χ0v) is 7.99. The third-order valence-corrected chi connectivity index (χ3v) is 2.42. The lowest BCUT2D eigenvalue weighted by atomic mass is 10.2. The number of carbonyl (C=O) groups is 1. The van der Waals surface area contributed by atoms with Gasteiger partial charge in [0.1, 0.15) is 0 Å². The zero-order valence-electron chi connectivity index (χ0n) is 7.99. The molecule has 1 aliphatic carbocycles. The maximum absolute atomic E-state index is 11.3. The van der Waals surface area contributed by atoms with Crippen LogP contribution in [-0.4, -0.2) is 27.9 Å². The average Bonchev–Trinajstić information content (AvgIpc) is 2.84. The molecule has 0 atom stereocenters. The van der Waals surface area contributed by atoms with E-state index in [1.807, 2.05) is 0 Å². The van der Waals surface area contributed by atoms with Crippen LogP contribution in [0.2, 0.25) is 0 Å². The molecular weight excluding hydrogens is 180 g/mol. The van der Waals surface area contributed by atoms with Gasteiger partial charge < -0.3 is 5.32 Å². The van der Waals surface area contributed by atoms with Crippen molar-refractivity contribution in [2.75, 3.05) is 6.54 Å². The predicted octanol–water partition coefficient (Wildman–Crippen LogP) is 0.725. The third-order valence-electron chi connectivity index (χ3n) is 2.42. The van der Waals surface area contributed by atoms with Gasteiger partial charge in [0.05, 0.1) is 6.20 Å². The maximum Gasteiger partial charge on any atom is 0.273 e. The fourth-order valence-electron chi connectivity index (χ4n) is 1.40. The summed E-state index contributed by atoms with van der Waals surface area (Å²) in [6.07, 6.45) is 6.47. The smallest absolute Gasteiger partial charge is 0.273 e. The average molecular weight is 194 g/mol. The van der Waals surface area contributed by atoms with Crippen LogP contribution in [0.4, 0.5) is 0 Å². The number of amides is 1. The number of nitrogens with one attached hydrogen (secondary N) is 2. The molecule has 0 unspecified atom stereocenters. The Morgan fingerprint density at radius 3 is 3.14 bits per heavy atom. The molecular formula is C9H14N4O. The van der Waals surface area contributed by atoms with E-state index in [0.29, 0.717) is 5.69 Å². The second-order valence-electron chi connectivity index (χ2n) is 3.70. The summed E-state index contributed by atoms with van der Waals surface area (Å²) in [5, 5.41) is 12.5. The Kier molecular flexibility index (Phi) is 2.76. The third kappa shape index (κ3) is 2.55. The van der Waals surface area contributed by atoms with Gasteiger partial charge in [0.25, 0.3) is 5.91 Å². The number of hydrogen-bond donors (Lipinski definition) is 2. The summed E-state index contributed by atoms with van der Waals surface area (Å²) >= 11 is 0. The number of rotatable bonds is 5. The Morgan fingerprint density at radius 2 is 2.50 bits per heavy atom. The molecule has 76 valence electrons. The van der Waals surface area contributed by atoms with Crippen LogP contribution in [0, 0.1) is 5.92 Å². The molecule has 5 nitrogen and oxygen atoms in total. The molecule has 1 heterocycles. The van der Waals surface area contributed by atoms with Crippen molar-refractivity contribution in [2.24, 2.45) is 5.92 Å². The second-order valence-corrected chi connectivity index (χ2v) is 3.70. The van der Waals surface area contributed by atoms with Gasteiger partial charge in [-0.2, -0.15) is 15.4 Å². The first-order valence-electron chi connectivity index (χ1n) is 5.00. The zero-order chi connectivity index (χ0) is 9.80. The van der Waals surface area contributed by atoms with Gasteiger partial charge in [0, 0.05) is 6.54 Å². The topological polar surface area (TPSA) is 70.7 Å². The summed E-state index contributed by atoms with van der Waals surface area (Å²) in [5.74, 6) is 0.786. The monoisotopic (exact) mass is 194 g/mol. The van der Waals surface area contributed by atoms with E-state index < -0.39 is 0 Å². The SMILES string of the molecule is O=C(NCCCC1CC1)c1cn[nH]n1. The van der Waals surface area contributed by atoms with Crippen LogP contribution in [0.3, 0.4) is 0 Å². The Labute approximate surface area is 82.3 Å². The van der Waals surface area contributed by atoms with Gasteiger partial charge in [0.15, 0.2) is 5.69 Å². The molecule has 14 heavy (non-hydrogen) atoms. The van der Waals surface area contributed by atoms with E-state index >= 15 is 0 Å². The number of aromatic nitrogens is 3. The van der Waals surface area contributed by atoms with Crippen LogP contribution in [0.25, 0.3) is 0 Å². The molecule has 1 fully saturated rings. The van der Waals surface area contributed by atoms with Gasteiger partial charge in [-0.3, -0.25) is 4.79 Å². The predicted molar refractivity (Wildman–Crippen MR) is 50.7 cm³/mol. The largest absolute Gasteiger partial charge is 0.351 e. The van der Waals surface area contributed by atoms with E-state index in [9.17, 15) is 4.79 Å². The van der Waals surface area contributed by atoms with Gasteiger partial charge in [-0.1, -0.05) is 12.8 Å². The van der Waals surface area contributed by atoms with Crippen molar-refractivity contribution in [3.05, 3.63) is 11.9 Å². The fourth-order valence-corrected chi connectivity index (χ4v) is 1.40. The standard InChI is InChI=1S/C9H14N4O/c14-9(8-6-11-13-12-8)10-5-1-2-7-3-4-7/h6-7H,1-5H2,(H,10,14)(H,11,12,13). The van der Waals surface area contributed by atoms with E-state index in [-0.39, 0.29) is 5.91 Å². The van der Waals surface area contributed by atoms with Crippen LogP contribution in [0.1, 0.15) is 36.2 Å². The van der Waals surface area contributed by atoms with Crippen LogP contribution < -0.4 is 5.32 Å². The molecule has 0 radical (unpaired) electrons. The molecule has 1 aromatic rings. The lowest BCUT2D eigenvalue weighted by molar-refractivity contribution is 0.0948. The number of carbonyl (C=O) groups excluding carboxylic acids is 1. The van der Waals surface area contributed by atoms with E-state index in [4.69, 9.17) is 0 Å². The molecule has 0 aromatic carbocycles. The van der Waals surface area contributed by atoms with Crippen LogP contribution in [0.5, 0.6) is 0 Å². The van der Waals surface area contributed by atoms with Gasteiger partial charge >= 0.3 is 0 Å². The molecule has 2 N–H and O–H groups in total. The molecule has 5 heteroatoms. The number of aromatic amines is 1. The summed E-state index contributed by atoms with van der Waals surface area (Å²) in [4.78, 5) is 11.3. The highest BCUT2D eigenvalue weighted by atomic mass is 16.1. The molecule has 0 aliphatic heterocycles. The summed E-state index contributed by atoms with van der Waals surface area (Å²) in [7, 11) is 0. The Balaban J connectivity index is 1.62. The highest BCUT2D eigenvalue weighted by molar-refractivity contribution is 5.91. The lowest BCUT2D eigenvalue weighted by Crippen LogP contribution is -2.24. The van der Waals surface area contributed by atoms with Gasteiger partial charge in [0.2, 0.25) is 0 Å². The van der Waals surface area contributed by atoms with E-state index in [0.717, 1.165) is 18.9 Å². The fraction of sp³-hybridized carbons (Fsp3) is 0.667. The van der Waals surface area contributed by atoms with Crippen molar-refractivity contribution < 1.29 is 4.79 Å². The first-order valence-corrected chi connectivity index (χ1v) is 5.00. The van der Waals surface area contributed by atoms with Crippen LogP contribution >= 0.6 is 0 Å². The molecule has 2 rings (SSSR count). The van der Waals surface area contributed by atoms with Crippen molar-refractivity contribution in [3.63, 3.8) is 0 Å². The quantitative estimate of drug-likeness (QED) is 0.679. The van der Waals surface area contributed by atoms with Crippen molar-refractivity contribution in [3.8, 4) is 0 Å². The summed E-state index contributed by atoms with van der Waals surface area (Å²) in [6, 6.07) is 0. The van der Waals surface area contributed by atoms with Crippen LogP contribution in [-0.2, 0) is 0 Å². The second kappa shape index (κ2) is 4.21. The minimum Gasteiger partial charge on any atom is -0.351 e. The molecule has 1 aliphatic rings. The summed E-state index contributed by atoms with van der Waals surface area (Å²) in [6.45, 7) is 0.738. The van der Waals surface area contributed by atoms with Crippen LogP contribution in [0.15, 0.2) is 6.20 Å². The minimum atomic E-state index is -0.144. The lowest BCUT2D eigenvalue weighted by Gasteiger charge is -2.01. The van der Waals surface area contributed by atoms with Gasteiger partial charge in [-0.25, -0.2) is 0 Å². The molecule has 0 spiro atoms.